The number of carbonyl (C=O) groups excluding carboxylic acids is 1. The first-order valence-electron chi connectivity index (χ1n) is 10.7. The molecule has 170 valence electrons. The van der Waals surface area contributed by atoms with Gasteiger partial charge in [-0.2, -0.15) is 0 Å². The Hall–Kier alpha value is -1.57. The van der Waals surface area contributed by atoms with Crippen LogP contribution in [0.3, 0.4) is 0 Å². The molecule has 0 aliphatic carbocycles. The molecule has 2 fully saturated rings. The summed E-state index contributed by atoms with van der Waals surface area (Å²) in [5.41, 5.74) is 1.78. The summed E-state index contributed by atoms with van der Waals surface area (Å²) in [6, 6.07) is 7.09. The van der Waals surface area contributed by atoms with Crippen molar-refractivity contribution in [1.29, 1.82) is 0 Å². The Morgan fingerprint density at radius 3 is 1.84 bits per heavy atom. The topological polar surface area (TPSA) is 52.6 Å². The first-order valence-corrected chi connectivity index (χ1v) is 11.5. The van der Waals surface area contributed by atoms with E-state index in [0.717, 1.165) is 39.0 Å². The summed E-state index contributed by atoms with van der Waals surface area (Å²) in [5, 5.41) is 0.970. The van der Waals surface area contributed by atoms with Gasteiger partial charge in [0.1, 0.15) is 10.3 Å². The van der Waals surface area contributed by atoms with Gasteiger partial charge in [-0.3, -0.25) is 9.69 Å². The number of nitrogens with zero attached hydrogens (tertiary/aromatic N) is 5. The number of hydrogen-bond donors (Lipinski definition) is 0. The van der Waals surface area contributed by atoms with E-state index < -0.39 is 0 Å². The van der Waals surface area contributed by atoms with E-state index in [4.69, 9.17) is 23.2 Å². The van der Waals surface area contributed by atoms with Crippen LogP contribution in [-0.2, 0) is 6.54 Å². The smallest absolute Gasteiger partial charge is 0.151 e. The molecular weight excluding hydrogens is 433 g/mol. The minimum atomic E-state index is 0.403. The molecular formula is C23H33Cl2N5O. The number of aromatic nitrogens is 2. The van der Waals surface area contributed by atoms with Crippen molar-refractivity contribution in [1.82, 2.24) is 24.7 Å². The fraction of sp³-hybridized carbons (Fsp3) is 0.522. The van der Waals surface area contributed by atoms with E-state index in [1.54, 1.807) is 12.1 Å². The van der Waals surface area contributed by atoms with Gasteiger partial charge in [0.25, 0.3) is 0 Å². The van der Waals surface area contributed by atoms with Crippen molar-refractivity contribution in [3.63, 3.8) is 0 Å². The number of rotatable bonds is 3. The maximum absolute atomic E-state index is 10.0. The Labute approximate surface area is 196 Å². The number of halogens is 2. The van der Waals surface area contributed by atoms with Gasteiger partial charge < -0.3 is 9.80 Å². The Bertz CT molecular complexity index is 744. The van der Waals surface area contributed by atoms with Crippen LogP contribution in [0.4, 0.5) is 0 Å². The molecule has 0 atom stereocenters. The number of hydrogen-bond acceptors (Lipinski definition) is 6. The van der Waals surface area contributed by atoms with E-state index in [1.165, 1.54) is 44.1 Å². The predicted octanol–water partition coefficient (Wildman–Crippen LogP) is 4.13. The lowest BCUT2D eigenvalue weighted by Gasteiger charge is -2.32. The van der Waals surface area contributed by atoms with Crippen LogP contribution in [0.25, 0.3) is 0 Å². The van der Waals surface area contributed by atoms with Crippen molar-refractivity contribution >= 4 is 29.5 Å². The molecule has 0 unspecified atom stereocenters. The molecule has 0 aromatic carbocycles. The molecule has 4 rings (SSSR count). The van der Waals surface area contributed by atoms with Gasteiger partial charge in [-0.25, -0.2) is 9.97 Å². The molecule has 0 spiro atoms. The molecule has 0 saturated carbocycles. The number of pyridine rings is 2. The third-order valence-electron chi connectivity index (χ3n) is 5.26. The number of aldehydes is 1. The monoisotopic (exact) mass is 465 g/mol. The van der Waals surface area contributed by atoms with Crippen molar-refractivity contribution in [2.75, 3.05) is 53.4 Å². The largest absolute Gasteiger partial charge is 0.306 e. The highest BCUT2D eigenvalue weighted by Gasteiger charge is 2.13. The highest BCUT2D eigenvalue weighted by molar-refractivity contribution is 6.29. The van der Waals surface area contributed by atoms with E-state index in [-0.39, 0.29) is 0 Å². The minimum absolute atomic E-state index is 0.403. The maximum atomic E-state index is 10.0. The summed E-state index contributed by atoms with van der Waals surface area (Å²) in [6.07, 6.45) is 8.29. The zero-order chi connectivity index (χ0) is 22.5. The lowest BCUT2D eigenvalue weighted by Crippen LogP contribution is -2.43. The van der Waals surface area contributed by atoms with Crippen LogP contribution in [0.1, 0.15) is 35.2 Å². The third kappa shape index (κ3) is 11.0. The molecule has 0 amide bonds. The molecule has 2 aliphatic heterocycles. The lowest BCUT2D eigenvalue weighted by molar-refractivity contribution is 0.112. The van der Waals surface area contributed by atoms with Gasteiger partial charge in [-0.1, -0.05) is 35.7 Å². The predicted molar refractivity (Wildman–Crippen MR) is 128 cm³/mol. The van der Waals surface area contributed by atoms with Gasteiger partial charge in [0.05, 0.1) is 0 Å². The summed E-state index contributed by atoms with van der Waals surface area (Å²) >= 11 is 11.2. The quantitative estimate of drug-likeness (QED) is 0.501. The molecule has 0 radical (unpaired) electrons. The fourth-order valence-electron chi connectivity index (χ4n) is 3.27. The van der Waals surface area contributed by atoms with Crippen LogP contribution in [0.2, 0.25) is 10.3 Å². The standard InChI is InChI=1S/C11H16ClN3.C6H4ClNO.C6H13N/c1-14-4-6-15(7-5-14)9-10-2-3-11(12)13-8-10;7-6-2-1-5(4-9)3-8-6;1-7-5-3-2-4-6-7/h2-3,8H,4-7,9H2,1H3;1-4H;2-6H2,1H3. The second-order valence-corrected chi connectivity index (χ2v) is 8.74. The van der Waals surface area contributed by atoms with Crippen molar-refractivity contribution in [2.45, 2.75) is 25.8 Å². The number of carbonyl (C=O) groups is 1. The summed E-state index contributed by atoms with van der Waals surface area (Å²) < 4.78 is 0. The van der Waals surface area contributed by atoms with E-state index in [9.17, 15) is 4.79 Å². The van der Waals surface area contributed by atoms with Crippen LogP contribution >= 0.6 is 23.2 Å². The molecule has 0 bridgehead atoms. The van der Waals surface area contributed by atoms with E-state index in [0.29, 0.717) is 15.9 Å². The van der Waals surface area contributed by atoms with Crippen molar-refractivity contribution in [3.8, 4) is 0 Å². The first kappa shape index (κ1) is 25.7. The number of likely N-dealkylation sites (tertiary alicyclic amines) is 1. The third-order valence-corrected chi connectivity index (χ3v) is 5.70. The van der Waals surface area contributed by atoms with Crippen LogP contribution < -0.4 is 0 Å². The number of piperazine rings is 1. The second kappa shape index (κ2) is 14.5. The molecule has 31 heavy (non-hydrogen) atoms. The minimum Gasteiger partial charge on any atom is -0.306 e. The highest BCUT2D eigenvalue weighted by atomic mass is 35.5. The van der Waals surface area contributed by atoms with E-state index >= 15 is 0 Å². The summed E-state index contributed by atoms with van der Waals surface area (Å²) in [7, 11) is 4.36. The van der Waals surface area contributed by atoms with Crippen LogP contribution in [0, 0.1) is 0 Å². The number of piperidine rings is 1. The lowest BCUT2D eigenvalue weighted by atomic mass is 10.1. The Morgan fingerprint density at radius 1 is 0.806 bits per heavy atom. The molecule has 2 saturated heterocycles. The average Bonchev–Trinajstić information content (AvgIpc) is 2.79. The molecule has 0 N–H and O–H groups in total. The van der Waals surface area contributed by atoms with E-state index in [2.05, 4.69) is 38.8 Å². The molecule has 2 aliphatic rings. The van der Waals surface area contributed by atoms with Crippen LogP contribution in [-0.4, -0.2) is 84.3 Å². The number of likely N-dealkylation sites (N-methyl/N-ethyl adjacent to an activating group) is 1. The first-order chi connectivity index (χ1) is 15.0. The normalized spacial score (nSPS) is 17.7. The van der Waals surface area contributed by atoms with Gasteiger partial charge in [0.2, 0.25) is 0 Å². The molecule has 6 nitrogen and oxygen atoms in total. The van der Waals surface area contributed by atoms with Crippen molar-refractivity contribution < 1.29 is 4.79 Å². The Morgan fingerprint density at radius 2 is 1.39 bits per heavy atom. The molecule has 2 aromatic heterocycles. The SMILES string of the molecule is CN1CCCCC1.CN1CCN(Cc2ccc(Cl)nc2)CC1.O=Cc1ccc(Cl)nc1. The van der Waals surface area contributed by atoms with Crippen molar-refractivity contribution in [2.24, 2.45) is 0 Å². The maximum Gasteiger partial charge on any atom is 0.151 e. The van der Waals surface area contributed by atoms with Gasteiger partial charge in [0.15, 0.2) is 6.29 Å². The zero-order valence-corrected chi connectivity index (χ0v) is 20.0. The zero-order valence-electron chi connectivity index (χ0n) is 18.5. The molecule has 8 heteroatoms. The van der Waals surface area contributed by atoms with Crippen LogP contribution in [0.15, 0.2) is 36.7 Å². The van der Waals surface area contributed by atoms with Gasteiger partial charge >= 0.3 is 0 Å². The van der Waals surface area contributed by atoms with Crippen molar-refractivity contribution in [3.05, 3.63) is 58.1 Å². The Kier molecular flexibility index (Phi) is 12.0. The van der Waals surface area contributed by atoms with Crippen LogP contribution in [0.5, 0.6) is 0 Å². The highest BCUT2D eigenvalue weighted by Crippen LogP contribution is 2.09. The van der Waals surface area contributed by atoms with E-state index in [1.807, 2.05) is 18.3 Å². The van der Waals surface area contributed by atoms with Gasteiger partial charge in [-0.05, 0) is 63.8 Å². The summed E-state index contributed by atoms with van der Waals surface area (Å²) in [5.74, 6) is 0. The average molecular weight is 466 g/mol. The molecule has 4 heterocycles. The second-order valence-electron chi connectivity index (χ2n) is 7.96. The summed E-state index contributed by atoms with van der Waals surface area (Å²) in [6.45, 7) is 8.21. The fourth-order valence-corrected chi connectivity index (χ4v) is 3.50. The Balaban J connectivity index is 0.000000181. The molecule has 2 aromatic rings. The summed E-state index contributed by atoms with van der Waals surface area (Å²) in [4.78, 5) is 25.0. The van der Waals surface area contributed by atoms with Gasteiger partial charge in [0, 0.05) is 50.7 Å². The van der Waals surface area contributed by atoms with Gasteiger partial charge in [-0.15, -0.1) is 0 Å².